The summed E-state index contributed by atoms with van der Waals surface area (Å²) in [6.07, 6.45) is 0. The van der Waals surface area contributed by atoms with Crippen LogP contribution in [0.15, 0.2) is 45.5 Å². The molecule has 2 N–H and O–H groups in total. The van der Waals surface area contributed by atoms with Crippen LogP contribution in [0.4, 0.5) is 0 Å². The topological polar surface area (TPSA) is 71.4 Å². The number of cyclic esters (lactones) is 1. The molecule has 0 radical (unpaired) electrons. The number of carbonyl (C=O) groups excluding carboxylic acids is 1. The molecule has 1 atom stereocenters. The molecule has 2 aliphatic heterocycles. The Kier molecular flexibility index (Phi) is 3.03. The molecule has 0 saturated heterocycles. The van der Waals surface area contributed by atoms with Crippen LogP contribution in [-0.2, 0) is 9.53 Å². The SMILES string of the molecule is [C-]#[N+]C1=C(C)NC2=C(C(=O)OC2)C1c1ccc2[nH]nc(Br)c2c1. The van der Waals surface area contributed by atoms with Crippen molar-refractivity contribution in [3.05, 3.63) is 62.4 Å². The summed E-state index contributed by atoms with van der Waals surface area (Å²) in [5, 5.41) is 11.1. The van der Waals surface area contributed by atoms with E-state index in [-0.39, 0.29) is 12.6 Å². The maximum Gasteiger partial charge on any atom is 0.335 e. The lowest BCUT2D eigenvalue weighted by atomic mass is 9.84. The van der Waals surface area contributed by atoms with Crippen molar-refractivity contribution in [3.8, 4) is 0 Å². The summed E-state index contributed by atoms with van der Waals surface area (Å²) in [6.45, 7) is 9.60. The van der Waals surface area contributed by atoms with Crippen molar-refractivity contribution in [2.75, 3.05) is 6.61 Å². The van der Waals surface area contributed by atoms with Gasteiger partial charge in [0.25, 0.3) is 0 Å². The van der Waals surface area contributed by atoms with E-state index in [4.69, 9.17) is 11.3 Å². The first kappa shape index (κ1) is 14.0. The van der Waals surface area contributed by atoms with Crippen LogP contribution in [0, 0.1) is 6.57 Å². The molecule has 4 rings (SSSR count). The minimum Gasteiger partial charge on any atom is -0.456 e. The summed E-state index contributed by atoms with van der Waals surface area (Å²) < 4.78 is 5.86. The van der Waals surface area contributed by atoms with Gasteiger partial charge >= 0.3 is 5.97 Å². The van der Waals surface area contributed by atoms with Gasteiger partial charge in [0.05, 0.1) is 29.3 Å². The summed E-state index contributed by atoms with van der Waals surface area (Å²) in [5.41, 5.74) is 4.31. The van der Waals surface area contributed by atoms with E-state index in [1.54, 1.807) is 0 Å². The molecule has 0 fully saturated rings. The zero-order valence-electron chi connectivity index (χ0n) is 12.1. The second-order valence-corrected chi connectivity index (χ2v) is 6.22. The van der Waals surface area contributed by atoms with Crippen molar-refractivity contribution in [1.29, 1.82) is 0 Å². The fraction of sp³-hybridized carbons (Fsp3) is 0.188. The second-order valence-electron chi connectivity index (χ2n) is 5.47. The number of H-pyrrole nitrogens is 1. The number of benzene rings is 1. The van der Waals surface area contributed by atoms with Crippen molar-refractivity contribution in [2.45, 2.75) is 12.8 Å². The first-order chi connectivity index (χ1) is 11.1. The maximum atomic E-state index is 12.2. The summed E-state index contributed by atoms with van der Waals surface area (Å²) in [6, 6.07) is 5.77. The molecule has 3 heterocycles. The number of carbonyl (C=O) groups is 1. The molecule has 114 valence electrons. The van der Waals surface area contributed by atoms with Crippen LogP contribution in [0.2, 0.25) is 0 Å². The highest BCUT2D eigenvalue weighted by Gasteiger charge is 2.39. The van der Waals surface area contributed by atoms with E-state index in [1.165, 1.54) is 0 Å². The van der Waals surface area contributed by atoms with Gasteiger partial charge in [-0.2, -0.15) is 5.10 Å². The molecular weight excluding hydrogens is 360 g/mol. The third-order valence-electron chi connectivity index (χ3n) is 4.17. The van der Waals surface area contributed by atoms with E-state index < -0.39 is 5.92 Å². The highest BCUT2D eigenvalue weighted by molar-refractivity contribution is 9.10. The second kappa shape index (κ2) is 4.96. The number of ether oxygens (including phenoxy) is 1. The van der Waals surface area contributed by atoms with Crippen LogP contribution in [0.3, 0.4) is 0 Å². The molecule has 0 saturated carbocycles. The van der Waals surface area contributed by atoms with Gasteiger partial charge in [0.15, 0.2) is 5.70 Å². The molecule has 2 aliphatic rings. The molecule has 23 heavy (non-hydrogen) atoms. The Morgan fingerprint density at radius 3 is 3.09 bits per heavy atom. The van der Waals surface area contributed by atoms with Gasteiger partial charge in [-0.1, -0.05) is 6.07 Å². The van der Waals surface area contributed by atoms with Crippen LogP contribution in [0.5, 0.6) is 0 Å². The standard InChI is InChI=1S/C16H11BrN4O2/c1-7-14(18-2)12(13-11(19-7)6-23-16(13)22)8-3-4-10-9(5-8)15(17)21-20-10/h3-5,12,19H,6H2,1H3,(H,20,21). The van der Waals surface area contributed by atoms with E-state index >= 15 is 0 Å². The number of aromatic nitrogens is 2. The molecule has 0 bridgehead atoms. The molecule has 0 amide bonds. The largest absolute Gasteiger partial charge is 0.456 e. The summed E-state index contributed by atoms with van der Waals surface area (Å²) in [5.74, 6) is -0.776. The Morgan fingerprint density at radius 2 is 2.30 bits per heavy atom. The van der Waals surface area contributed by atoms with Gasteiger partial charge in [0, 0.05) is 11.1 Å². The van der Waals surface area contributed by atoms with Crippen molar-refractivity contribution < 1.29 is 9.53 Å². The van der Waals surface area contributed by atoms with E-state index in [1.807, 2.05) is 25.1 Å². The van der Waals surface area contributed by atoms with Crippen molar-refractivity contribution in [3.63, 3.8) is 0 Å². The number of dihydropyridines is 1. The molecule has 1 aromatic heterocycles. The van der Waals surface area contributed by atoms with E-state index in [0.717, 1.165) is 27.9 Å². The van der Waals surface area contributed by atoms with Crippen LogP contribution in [0.1, 0.15) is 18.4 Å². The third-order valence-corrected chi connectivity index (χ3v) is 4.78. The summed E-state index contributed by atoms with van der Waals surface area (Å²) in [7, 11) is 0. The van der Waals surface area contributed by atoms with Crippen molar-refractivity contribution in [1.82, 2.24) is 15.5 Å². The monoisotopic (exact) mass is 370 g/mol. The molecule has 0 aliphatic carbocycles. The Labute approximate surface area is 140 Å². The summed E-state index contributed by atoms with van der Waals surface area (Å²) >= 11 is 3.41. The van der Waals surface area contributed by atoms with Gasteiger partial charge in [0.1, 0.15) is 11.2 Å². The predicted molar refractivity (Wildman–Crippen MR) is 87.0 cm³/mol. The summed E-state index contributed by atoms with van der Waals surface area (Å²) in [4.78, 5) is 15.8. The van der Waals surface area contributed by atoms with Gasteiger partial charge in [-0.3, -0.25) is 5.10 Å². The smallest absolute Gasteiger partial charge is 0.335 e. The zero-order valence-corrected chi connectivity index (χ0v) is 13.7. The number of halogens is 1. The number of esters is 1. The van der Waals surface area contributed by atoms with Gasteiger partial charge in [-0.25, -0.2) is 9.64 Å². The number of nitrogens with zero attached hydrogens (tertiary/aromatic N) is 2. The number of hydrogen-bond donors (Lipinski definition) is 2. The molecule has 7 heteroatoms. The van der Waals surface area contributed by atoms with Gasteiger partial charge < -0.3 is 10.1 Å². The molecule has 6 nitrogen and oxygen atoms in total. The lowest BCUT2D eigenvalue weighted by molar-refractivity contribution is -0.136. The fourth-order valence-corrected chi connectivity index (χ4v) is 3.52. The molecule has 0 spiro atoms. The fourth-order valence-electron chi connectivity index (χ4n) is 3.11. The van der Waals surface area contributed by atoms with Gasteiger partial charge in [0.2, 0.25) is 0 Å². The number of aromatic amines is 1. The molecular formula is C16H11BrN4O2. The third kappa shape index (κ3) is 1.99. The van der Waals surface area contributed by atoms with E-state index in [9.17, 15) is 4.79 Å². The first-order valence-corrected chi connectivity index (χ1v) is 7.78. The van der Waals surface area contributed by atoms with Gasteiger partial charge in [-0.15, -0.1) is 0 Å². The number of allylic oxidation sites excluding steroid dienone is 2. The van der Waals surface area contributed by atoms with Crippen molar-refractivity contribution in [2.24, 2.45) is 0 Å². The Morgan fingerprint density at radius 1 is 1.48 bits per heavy atom. The highest BCUT2D eigenvalue weighted by Crippen LogP contribution is 2.42. The number of rotatable bonds is 1. The van der Waals surface area contributed by atoms with Crippen LogP contribution >= 0.6 is 15.9 Å². The predicted octanol–water partition coefficient (Wildman–Crippen LogP) is 2.97. The average molecular weight is 371 g/mol. The zero-order chi connectivity index (χ0) is 16.1. The Balaban J connectivity index is 1.94. The number of fused-ring (bicyclic) bond motifs is 1. The molecule has 2 aromatic rings. The molecule has 1 aromatic carbocycles. The first-order valence-electron chi connectivity index (χ1n) is 6.99. The normalized spacial score (nSPS) is 20.4. The highest BCUT2D eigenvalue weighted by atomic mass is 79.9. The molecule has 1 unspecified atom stereocenters. The Bertz CT molecular complexity index is 964. The lowest BCUT2D eigenvalue weighted by Crippen LogP contribution is -2.24. The minimum atomic E-state index is -0.412. The van der Waals surface area contributed by atoms with Crippen LogP contribution in [-0.4, -0.2) is 22.8 Å². The number of nitrogens with one attached hydrogen (secondary N) is 2. The van der Waals surface area contributed by atoms with Crippen LogP contribution < -0.4 is 5.32 Å². The number of hydrogen-bond acceptors (Lipinski definition) is 4. The minimum absolute atomic E-state index is 0.227. The van der Waals surface area contributed by atoms with E-state index in [0.29, 0.717) is 15.9 Å². The quantitative estimate of drug-likeness (QED) is 0.597. The Hall–Kier alpha value is -2.59. The van der Waals surface area contributed by atoms with Gasteiger partial charge in [-0.05, 0) is 40.5 Å². The maximum absolute atomic E-state index is 12.2. The van der Waals surface area contributed by atoms with Crippen LogP contribution in [0.25, 0.3) is 15.7 Å². The van der Waals surface area contributed by atoms with E-state index in [2.05, 4.69) is 36.3 Å². The lowest BCUT2D eigenvalue weighted by Gasteiger charge is -2.25. The average Bonchev–Trinajstić information content (AvgIpc) is 3.09. The van der Waals surface area contributed by atoms with Crippen molar-refractivity contribution >= 4 is 32.8 Å².